The fourth-order valence-electron chi connectivity index (χ4n) is 3.02. The average Bonchev–Trinajstić information content (AvgIpc) is 2.72. The van der Waals surface area contributed by atoms with Crippen molar-refractivity contribution in [3.8, 4) is 6.07 Å². The number of benzene rings is 2. The van der Waals surface area contributed by atoms with E-state index >= 15 is 0 Å². The largest absolute Gasteiger partial charge is 0.384 e. The van der Waals surface area contributed by atoms with Crippen LogP contribution in [0.3, 0.4) is 0 Å². The zero-order valence-electron chi connectivity index (χ0n) is 15.2. The van der Waals surface area contributed by atoms with E-state index in [4.69, 9.17) is 23.1 Å². The first-order valence-electron chi connectivity index (χ1n) is 8.59. The molecule has 1 aliphatic rings. The van der Waals surface area contributed by atoms with Crippen molar-refractivity contribution in [2.24, 2.45) is 11.5 Å². The number of nitriles is 1. The molecule has 146 valence electrons. The Morgan fingerprint density at radius 2 is 1.79 bits per heavy atom. The monoisotopic (exact) mass is 424 g/mol. The Bertz CT molecular complexity index is 1060. The normalized spacial score (nSPS) is 16.2. The number of ketones is 1. The summed E-state index contributed by atoms with van der Waals surface area (Å²) < 4.78 is 0. The summed E-state index contributed by atoms with van der Waals surface area (Å²) in [7, 11) is 0. The highest BCUT2D eigenvalue weighted by atomic mass is 35.5. The SMILES string of the molecule is N#CC1=C(N)NC(SCC(=O)c2ccc(Cl)cc2)=C(C(N)=O)[C@H]1c1ccccc1. The van der Waals surface area contributed by atoms with Crippen LogP contribution in [0.15, 0.2) is 76.6 Å². The number of nitrogens with zero attached hydrogens (tertiary/aromatic N) is 1. The quantitative estimate of drug-likeness (QED) is 0.612. The lowest BCUT2D eigenvalue weighted by Gasteiger charge is -2.28. The summed E-state index contributed by atoms with van der Waals surface area (Å²) in [6, 6.07) is 17.6. The van der Waals surface area contributed by atoms with Crippen molar-refractivity contribution >= 4 is 35.1 Å². The number of hydrogen-bond donors (Lipinski definition) is 3. The van der Waals surface area contributed by atoms with Crippen molar-refractivity contribution in [3.05, 3.63) is 92.7 Å². The van der Waals surface area contributed by atoms with Gasteiger partial charge in [-0.25, -0.2) is 0 Å². The third-order valence-corrected chi connectivity index (χ3v) is 5.66. The number of primary amides is 1. The fourth-order valence-corrected chi connectivity index (χ4v) is 4.14. The third kappa shape index (κ3) is 4.45. The molecule has 0 saturated heterocycles. The predicted octanol–water partition coefficient (Wildman–Crippen LogP) is 3.03. The van der Waals surface area contributed by atoms with Gasteiger partial charge in [-0.05, 0) is 29.8 Å². The second-order valence-corrected chi connectivity index (χ2v) is 7.66. The molecule has 0 spiro atoms. The van der Waals surface area contributed by atoms with Crippen LogP contribution in [-0.2, 0) is 4.79 Å². The summed E-state index contributed by atoms with van der Waals surface area (Å²) in [6.45, 7) is 0. The number of thioether (sulfide) groups is 1. The highest BCUT2D eigenvalue weighted by molar-refractivity contribution is 8.03. The molecule has 8 heteroatoms. The fraction of sp³-hybridized carbons (Fsp3) is 0.0952. The van der Waals surface area contributed by atoms with E-state index in [-0.39, 0.29) is 28.5 Å². The van der Waals surface area contributed by atoms with Crippen LogP contribution in [-0.4, -0.2) is 17.4 Å². The van der Waals surface area contributed by atoms with Gasteiger partial charge in [0.25, 0.3) is 0 Å². The summed E-state index contributed by atoms with van der Waals surface area (Å²) in [5.74, 6) is -1.35. The predicted molar refractivity (Wildman–Crippen MR) is 114 cm³/mol. The van der Waals surface area contributed by atoms with Crippen molar-refractivity contribution in [1.29, 1.82) is 5.26 Å². The van der Waals surface area contributed by atoms with Gasteiger partial charge in [-0.1, -0.05) is 53.7 Å². The molecule has 1 heterocycles. The molecule has 0 bridgehead atoms. The van der Waals surface area contributed by atoms with Gasteiger partial charge in [-0.2, -0.15) is 5.26 Å². The molecule has 29 heavy (non-hydrogen) atoms. The molecule has 0 unspecified atom stereocenters. The number of allylic oxidation sites excluding steroid dienone is 1. The minimum Gasteiger partial charge on any atom is -0.384 e. The number of Topliss-reactive ketones (excluding diaryl/α,β-unsaturated/α-hetero) is 1. The van der Waals surface area contributed by atoms with Crippen LogP contribution in [0.2, 0.25) is 5.02 Å². The molecule has 0 radical (unpaired) electrons. The first-order chi connectivity index (χ1) is 13.9. The molecule has 5 N–H and O–H groups in total. The number of carbonyl (C=O) groups is 2. The van der Waals surface area contributed by atoms with Gasteiger partial charge in [0.2, 0.25) is 5.91 Å². The molecule has 1 amide bonds. The van der Waals surface area contributed by atoms with Gasteiger partial charge < -0.3 is 16.8 Å². The standard InChI is InChI=1S/C21H17ClN4O2S/c22-14-8-6-12(7-9-14)16(27)11-29-21-18(20(25)28)17(13-4-2-1-3-5-13)15(10-23)19(24)26-21/h1-9,17,26H,11,24H2,(H2,25,28)/t17-/m0/s1. The second-order valence-electron chi connectivity index (χ2n) is 6.23. The Hall–Kier alpha value is -3.21. The van der Waals surface area contributed by atoms with Gasteiger partial charge in [0.1, 0.15) is 5.82 Å². The van der Waals surface area contributed by atoms with Crippen LogP contribution in [0.4, 0.5) is 0 Å². The third-order valence-electron chi connectivity index (χ3n) is 4.39. The van der Waals surface area contributed by atoms with Crippen LogP contribution in [0.1, 0.15) is 21.8 Å². The van der Waals surface area contributed by atoms with Gasteiger partial charge in [0, 0.05) is 10.6 Å². The molecule has 2 aromatic carbocycles. The maximum Gasteiger partial charge on any atom is 0.248 e. The van der Waals surface area contributed by atoms with E-state index in [9.17, 15) is 14.9 Å². The van der Waals surface area contributed by atoms with Crippen molar-refractivity contribution < 1.29 is 9.59 Å². The van der Waals surface area contributed by atoms with Crippen molar-refractivity contribution in [1.82, 2.24) is 5.32 Å². The van der Waals surface area contributed by atoms with E-state index in [1.165, 1.54) is 0 Å². The van der Waals surface area contributed by atoms with E-state index in [1.807, 2.05) is 6.07 Å². The topological polar surface area (TPSA) is 122 Å². The molecular formula is C21H17ClN4O2S. The molecule has 1 aliphatic heterocycles. The van der Waals surface area contributed by atoms with Gasteiger partial charge >= 0.3 is 0 Å². The van der Waals surface area contributed by atoms with E-state index in [1.54, 1.807) is 48.5 Å². The molecule has 0 fully saturated rings. The van der Waals surface area contributed by atoms with E-state index in [2.05, 4.69) is 11.4 Å². The van der Waals surface area contributed by atoms with Gasteiger partial charge in [0.05, 0.1) is 33.9 Å². The first-order valence-corrected chi connectivity index (χ1v) is 9.96. The van der Waals surface area contributed by atoms with Crippen LogP contribution >= 0.6 is 23.4 Å². The first kappa shape index (κ1) is 20.5. The zero-order chi connectivity index (χ0) is 21.0. The second kappa shape index (κ2) is 8.86. The number of rotatable bonds is 6. The molecule has 3 rings (SSSR count). The Kier molecular flexibility index (Phi) is 6.27. The smallest absolute Gasteiger partial charge is 0.248 e. The molecule has 1 atom stereocenters. The molecule has 0 aliphatic carbocycles. The summed E-state index contributed by atoms with van der Waals surface area (Å²) in [5, 5.41) is 13.4. The van der Waals surface area contributed by atoms with Gasteiger partial charge in [0.15, 0.2) is 5.78 Å². The maximum absolute atomic E-state index is 12.5. The van der Waals surface area contributed by atoms with Crippen molar-refractivity contribution in [2.75, 3.05) is 5.75 Å². The van der Waals surface area contributed by atoms with Crippen LogP contribution in [0.5, 0.6) is 0 Å². The Labute approximate surface area is 177 Å². The lowest BCUT2D eigenvalue weighted by atomic mass is 9.83. The molecule has 2 aromatic rings. The highest BCUT2D eigenvalue weighted by Crippen LogP contribution is 2.39. The van der Waals surface area contributed by atoms with Crippen LogP contribution in [0.25, 0.3) is 0 Å². The van der Waals surface area contributed by atoms with Crippen LogP contribution in [0, 0.1) is 11.3 Å². The Morgan fingerprint density at radius 3 is 2.38 bits per heavy atom. The number of hydrogen-bond acceptors (Lipinski definition) is 6. The minimum atomic E-state index is -0.701. The van der Waals surface area contributed by atoms with E-state index in [0.717, 1.165) is 11.8 Å². The molecule has 0 aromatic heterocycles. The highest BCUT2D eigenvalue weighted by Gasteiger charge is 2.34. The average molecular weight is 425 g/mol. The summed E-state index contributed by atoms with van der Waals surface area (Å²) in [6.07, 6.45) is 0. The molecule has 0 saturated carbocycles. The maximum atomic E-state index is 12.5. The van der Waals surface area contributed by atoms with Crippen LogP contribution < -0.4 is 16.8 Å². The number of halogens is 1. The minimum absolute atomic E-state index is 0.0530. The van der Waals surface area contributed by atoms with Crippen molar-refractivity contribution in [3.63, 3.8) is 0 Å². The van der Waals surface area contributed by atoms with Gasteiger partial charge in [-0.15, -0.1) is 0 Å². The van der Waals surface area contributed by atoms with Gasteiger partial charge in [-0.3, -0.25) is 9.59 Å². The number of nitrogens with one attached hydrogen (secondary N) is 1. The number of dihydropyridines is 1. The van der Waals surface area contributed by atoms with E-state index in [0.29, 0.717) is 21.2 Å². The number of nitrogens with two attached hydrogens (primary N) is 2. The number of carbonyl (C=O) groups excluding carboxylic acids is 2. The summed E-state index contributed by atoms with van der Waals surface area (Å²) in [4.78, 5) is 24.8. The lowest BCUT2D eigenvalue weighted by molar-refractivity contribution is -0.114. The zero-order valence-corrected chi connectivity index (χ0v) is 16.8. The summed E-state index contributed by atoms with van der Waals surface area (Å²) >= 11 is 6.97. The number of amides is 1. The Balaban J connectivity index is 1.95. The summed E-state index contributed by atoms with van der Waals surface area (Å²) in [5.41, 5.74) is 13.3. The van der Waals surface area contributed by atoms with E-state index < -0.39 is 11.8 Å². The molecular weight excluding hydrogens is 408 g/mol. The lowest BCUT2D eigenvalue weighted by Crippen LogP contribution is -2.34. The van der Waals surface area contributed by atoms with Crippen molar-refractivity contribution in [2.45, 2.75) is 5.92 Å². The molecule has 6 nitrogen and oxygen atoms in total. The Morgan fingerprint density at radius 1 is 1.14 bits per heavy atom.